The molecular weight excluding hydrogens is 436 g/mol. The first-order chi connectivity index (χ1) is 16.2. The number of carboxylic acids is 2. The van der Waals surface area contributed by atoms with Crippen LogP contribution in [0.4, 0.5) is 0 Å². The molecule has 1 fully saturated rings. The van der Waals surface area contributed by atoms with Crippen molar-refractivity contribution in [1.82, 2.24) is 5.32 Å². The summed E-state index contributed by atoms with van der Waals surface area (Å²) in [6.45, 7) is 5.99. The Hall–Kier alpha value is -2.77. The Kier molecular flexibility index (Phi) is 9.77. The Morgan fingerprint density at radius 2 is 1.41 bits per heavy atom. The number of rotatable bonds is 15. The summed E-state index contributed by atoms with van der Waals surface area (Å²) < 4.78 is 0. The van der Waals surface area contributed by atoms with E-state index in [0.29, 0.717) is 25.0 Å². The Labute approximate surface area is 201 Å². The molecule has 8 heteroatoms. The van der Waals surface area contributed by atoms with Gasteiger partial charge in [0.2, 0.25) is 5.54 Å². The third-order valence-electron chi connectivity index (χ3n) is 6.89. The van der Waals surface area contributed by atoms with Crippen LogP contribution >= 0.6 is 0 Å². The number of aliphatic carboxylic acids is 2. The highest BCUT2D eigenvalue weighted by Gasteiger charge is 2.66. The van der Waals surface area contributed by atoms with Gasteiger partial charge < -0.3 is 15.5 Å². The van der Waals surface area contributed by atoms with Crippen LogP contribution in [0.1, 0.15) is 97.8 Å². The minimum Gasteiger partial charge on any atom is -0.479 e. The average Bonchev–Trinajstić information content (AvgIpc) is 3.43. The van der Waals surface area contributed by atoms with Gasteiger partial charge in [-0.1, -0.05) is 59.3 Å². The number of carbonyl (C=O) groups excluding carboxylic acids is 2. The van der Waals surface area contributed by atoms with Gasteiger partial charge in [-0.3, -0.25) is 14.6 Å². The minimum absolute atomic E-state index is 0.0418. The second kappa shape index (κ2) is 12.1. The molecule has 2 rings (SSSR count). The van der Waals surface area contributed by atoms with Crippen molar-refractivity contribution in [2.75, 3.05) is 0 Å². The molecule has 3 N–H and O–H groups in total. The van der Waals surface area contributed by atoms with Crippen LogP contribution in [0.5, 0.6) is 0 Å². The number of nitrogens with one attached hydrogen (secondary N) is 1. The zero-order valence-electron chi connectivity index (χ0n) is 20.6. The van der Waals surface area contributed by atoms with Crippen LogP contribution in [-0.2, 0) is 19.2 Å². The Bertz CT molecular complexity index is 861. The maximum absolute atomic E-state index is 13.8. The fraction of sp³-hybridized carbons (Fsp3) is 0.654. The van der Waals surface area contributed by atoms with Crippen LogP contribution < -0.4 is 5.32 Å². The summed E-state index contributed by atoms with van der Waals surface area (Å²) in [6, 6.07) is 0. The van der Waals surface area contributed by atoms with E-state index in [-0.39, 0.29) is 18.5 Å². The highest BCUT2D eigenvalue weighted by Crippen LogP contribution is 2.49. The first-order valence-electron chi connectivity index (χ1n) is 12.5. The Morgan fingerprint density at radius 1 is 0.882 bits per heavy atom. The number of Topliss-reactive ketones (excluding diaryl/α,β-unsaturated/α-hetero) is 2. The van der Waals surface area contributed by atoms with Gasteiger partial charge in [-0.25, -0.2) is 9.59 Å². The van der Waals surface area contributed by atoms with Crippen molar-refractivity contribution in [2.24, 2.45) is 10.4 Å². The summed E-state index contributed by atoms with van der Waals surface area (Å²) in [5.74, 6) is -4.08. The van der Waals surface area contributed by atoms with Gasteiger partial charge in [-0.05, 0) is 30.9 Å². The van der Waals surface area contributed by atoms with Crippen molar-refractivity contribution < 1.29 is 29.4 Å². The van der Waals surface area contributed by atoms with Crippen molar-refractivity contribution in [3.8, 4) is 0 Å². The zero-order chi connectivity index (χ0) is 25.4. The highest BCUT2D eigenvalue weighted by molar-refractivity contribution is 6.15. The standard InChI is InChI=1S/C26H38N2O6/c1-4-7-9-11-13-19(29)25(20(30)14-12-10-8-5-2)17-26(23(31)32,24(33)34)28-22(25)21-18(6-3)15-16-27-21/h15-16,28H,4-14,17H2,1-3H3,(H,31,32)(H,33,34). The fourth-order valence-corrected chi connectivity index (χ4v) is 4.82. The summed E-state index contributed by atoms with van der Waals surface area (Å²) in [6.07, 6.45) is 9.94. The van der Waals surface area contributed by atoms with Crippen LogP contribution in [0.3, 0.4) is 0 Å². The lowest BCUT2D eigenvalue weighted by Gasteiger charge is -2.28. The van der Waals surface area contributed by atoms with Crippen LogP contribution in [0.25, 0.3) is 0 Å². The largest absolute Gasteiger partial charge is 0.479 e. The predicted octanol–water partition coefficient (Wildman–Crippen LogP) is 4.59. The molecule has 0 radical (unpaired) electrons. The lowest BCUT2D eigenvalue weighted by Crippen LogP contribution is -2.54. The maximum Gasteiger partial charge on any atom is 0.341 e. The van der Waals surface area contributed by atoms with Crippen molar-refractivity contribution in [1.29, 1.82) is 0 Å². The number of allylic oxidation sites excluding steroid dienone is 3. The van der Waals surface area contributed by atoms with Crippen molar-refractivity contribution >= 4 is 29.7 Å². The zero-order valence-corrected chi connectivity index (χ0v) is 20.6. The van der Waals surface area contributed by atoms with Gasteiger partial charge in [-0.2, -0.15) is 0 Å². The molecule has 2 aliphatic rings. The van der Waals surface area contributed by atoms with E-state index in [1.54, 1.807) is 6.08 Å². The minimum atomic E-state index is -2.47. The van der Waals surface area contributed by atoms with Gasteiger partial charge >= 0.3 is 11.9 Å². The second-order valence-corrected chi connectivity index (χ2v) is 9.24. The normalized spacial score (nSPS) is 20.1. The molecule has 2 heterocycles. The Balaban J connectivity index is 2.64. The van der Waals surface area contributed by atoms with Gasteiger partial charge in [0.05, 0.1) is 11.4 Å². The summed E-state index contributed by atoms with van der Waals surface area (Å²) in [5.41, 5.74) is -3.25. The molecular formula is C26H38N2O6. The number of hydrogen-bond donors (Lipinski definition) is 3. The fourth-order valence-electron chi connectivity index (χ4n) is 4.82. The summed E-state index contributed by atoms with van der Waals surface area (Å²) in [4.78, 5) is 56.5. The summed E-state index contributed by atoms with van der Waals surface area (Å²) >= 11 is 0. The number of unbranched alkanes of at least 4 members (excludes halogenated alkanes) is 6. The van der Waals surface area contributed by atoms with Gasteiger partial charge in [0.25, 0.3) is 0 Å². The van der Waals surface area contributed by atoms with E-state index in [1.165, 1.54) is 6.21 Å². The number of carboxylic acid groups (broad SMARTS) is 2. The first kappa shape index (κ1) is 27.5. The molecule has 0 aromatic carbocycles. The maximum atomic E-state index is 13.8. The highest BCUT2D eigenvalue weighted by atomic mass is 16.4. The van der Waals surface area contributed by atoms with E-state index in [0.717, 1.165) is 44.1 Å². The number of ketones is 2. The van der Waals surface area contributed by atoms with Crippen LogP contribution in [-0.4, -0.2) is 45.5 Å². The summed E-state index contributed by atoms with van der Waals surface area (Å²) in [5, 5.41) is 22.6. The van der Waals surface area contributed by atoms with Crippen LogP contribution in [0, 0.1) is 5.41 Å². The average molecular weight is 475 g/mol. The first-order valence-corrected chi connectivity index (χ1v) is 12.5. The summed E-state index contributed by atoms with van der Waals surface area (Å²) in [7, 11) is 0. The molecule has 8 nitrogen and oxygen atoms in total. The SMILES string of the molecule is CCCCCCC(=O)C1(C(=O)CCCCCC)CC(C(=O)O)(C(=O)O)NC1=C1N=CC=C1CC. The van der Waals surface area contributed by atoms with E-state index < -0.39 is 40.9 Å². The monoisotopic (exact) mass is 474 g/mol. The smallest absolute Gasteiger partial charge is 0.341 e. The third-order valence-corrected chi connectivity index (χ3v) is 6.89. The van der Waals surface area contributed by atoms with E-state index in [9.17, 15) is 29.4 Å². The van der Waals surface area contributed by atoms with Gasteiger partial charge in [0.15, 0.2) is 11.6 Å². The molecule has 0 saturated carbocycles. The number of aliphatic imine (C=N–C) groups is 1. The molecule has 188 valence electrons. The molecule has 34 heavy (non-hydrogen) atoms. The van der Waals surface area contributed by atoms with Crippen LogP contribution in [0.2, 0.25) is 0 Å². The third kappa shape index (κ3) is 5.31. The van der Waals surface area contributed by atoms with E-state index in [2.05, 4.69) is 24.2 Å². The molecule has 0 bridgehead atoms. The van der Waals surface area contributed by atoms with E-state index in [4.69, 9.17) is 0 Å². The van der Waals surface area contributed by atoms with Crippen molar-refractivity contribution in [3.05, 3.63) is 23.0 Å². The predicted molar refractivity (Wildman–Crippen MR) is 130 cm³/mol. The topological polar surface area (TPSA) is 133 Å². The Morgan fingerprint density at radius 3 is 1.85 bits per heavy atom. The van der Waals surface area contributed by atoms with E-state index in [1.807, 2.05) is 6.92 Å². The molecule has 0 aromatic heterocycles. The number of nitrogens with zero attached hydrogens (tertiary/aromatic N) is 1. The molecule has 0 aromatic rings. The lowest BCUT2D eigenvalue weighted by molar-refractivity contribution is -0.158. The number of carbonyl (C=O) groups is 4. The number of hydrogen-bond acceptors (Lipinski definition) is 6. The molecule has 2 aliphatic heterocycles. The molecule has 0 amide bonds. The lowest BCUT2D eigenvalue weighted by atomic mass is 9.69. The van der Waals surface area contributed by atoms with Gasteiger partial charge in [0.1, 0.15) is 5.41 Å². The second-order valence-electron chi connectivity index (χ2n) is 9.24. The van der Waals surface area contributed by atoms with Crippen LogP contribution in [0.15, 0.2) is 28.0 Å². The van der Waals surface area contributed by atoms with E-state index >= 15 is 0 Å². The molecule has 1 saturated heterocycles. The molecule has 0 aliphatic carbocycles. The van der Waals surface area contributed by atoms with Gasteiger partial charge in [-0.15, -0.1) is 0 Å². The van der Waals surface area contributed by atoms with Gasteiger partial charge in [0, 0.05) is 25.5 Å². The van der Waals surface area contributed by atoms with Crippen molar-refractivity contribution in [2.45, 2.75) is 103 Å². The quantitative estimate of drug-likeness (QED) is 0.233. The van der Waals surface area contributed by atoms with Crippen molar-refractivity contribution in [3.63, 3.8) is 0 Å². The molecule has 0 unspecified atom stereocenters. The molecule has 0 atom stereocenters. The molecule has 0 spiro atoms.